The van der Waals surface area contributed by atoms with Gasteiger partial charge in [0.05, 0.1) is 18.1 Å². The number of carbonyl (C=O) groups excluding carboxylic acids is 1. The minimum atomic E-state index is -1.16. The van der Waals surface area contributed by atoms with Gasteiger partial charge in [-0.05, 0) is 25.0 Å². The summed E-state index contributed by atoms with van der Waals surface area (Å²) in [4.78, 5) is 40.3. The lowest BCUT2D eigenvalue weighted by Crippen LogP contribution is -2.41. The first-order chi connectivity index (χ1) is 14.8. The van der Waals surface area contributed by atoms with E-state index in [1.54, 1.807) is 17.6 Å². The number of rotatable bonds is 6. The van der Waals surface area contributed by atoms with Crippen LogP contribution in [0.1, 0.15) is 30.0 Å². The van der Waals surface area contributed by atoms with Gasteiger partial charge in [0.15, 0.2) is 0 Å². The number of ether oxygens (including phenoxy) is 1. The third-order valence-corrected chi connectivity index (χ3v) is 6.42. The van der Waals surface area contributed by atoms with E-state index >= 15 is 0 Å². The lowest BCUT2D eigenvalue weighted by molar-refractivity contribution is -0.140. The van der Waals surface area contributed by atoms with E-state index in [2.05, 4.69) is 0 Å². The molecule has 0 unspecified atom stereocenters. The summed E-state index contributed by atoms with van der Waals surface area (Å²) >= 11 is 6.20. The molecule has 3 heterocycles. The number of aliphatic carboxylic acids is 1. The standard InChI is InChI=1S/C20H22N4O5S2/c1-3-4-23-17(22-5-7-29-8-6-22)13(12(2)14(10-21)18(23)27)9-15-19(28)24(11-16(25)26)20(30)31-15/h9H,3-8,11H2,1-2H3,(H,25,26)/b15-9-. The van der Waals surface area contributed by atoms with Gasteiger partial charge < -0.3 is 14.7 Å². The number of amides is 1. The Morgan fingerprint density at radius 1 is 1.35 bits per heavy atom. The normalized spacial score (nSPS) is 18.0. The summed E-state index contributed by atoms with van der Waals surface area (Å²) in [6, 6.07) is 2.00. The third-order valence-electron chi connectivity index (χ3n) is 5.05. The lowest BCUT2D eigenvalue weighted by Gasteiger charge is -2.33. The molecule has 0 radical (unpaired) electrons. The molecule has 0 aromatic carbocycles. The minimum absolute atomic E-state index is 0.0257. The Morgan fingerprint density at radius 2 is 2.03 bits per heavy atom. The number of hydrogen-bond acceptors (Lipinski definition) is 8. The lowest BCUT2D eigenvalue weighted by atomic mass is 10.0. The van der Waals surface area contributed by atoms with Crippen molar-refractivity contribution in [3.63, 3.8) is 0 Å². The average Bonchev–Trinajstić information content (AvgIpc) is 2.99. The van der Waals surface area contributed by atoms with Crippen LogP contribution in [-0.4, -0.2) is 63.6 Å². The van der Waals surface area contributed by atoms with Crippen molar-refractivity contribution in [2.75, 3.05) is 37.7 Å². The molecule has 0 aliphatic carbocycles. The van der Waals surface area contributed by atoms with Crippen LogP contribution in [0.2, 0.25) is 0 Å². The van der Waals surface area contributed by atoms with Gasteiger partial charge in [-0.3, -0.25) is 23.9 Å². The van der Waals surface area contributed by atoms with Crippen LogP contribution < -0.4 is 10.5 Å². The zero-order valence-corrected chi connectivity index (χ0v) is 18.8. The second kappa shape index (κ2) is 9.64. The quantitative estimate of drug-likeness (QED) is 0.497. The molecular formula is C20H22N4O5S2. The van der Waals surface area contributed by atoms with Crippen molar-refractivity contribution in [2.24, 2.45) is 0 Å². The zero-order chi connectivity index (χ0) is 22.7. The van der Waals surface area contributed by atoms with Crippen LogP contribution >= 0.6 is 24.0 Å². The number of nitriles is 1. The van der Waals surface area contributed by atoms with Crippen molar-refractivity contribution in [1.82, 2.24) is 9.47 Å². The molecule has 1 amide bonds. The van der Waals surface area contributed by atoms with Crippen LogP contribution in [0, 0.1) is 18.3 Å². The highest BCUT2D eigenvalue weighted by atomic mass is 32.2. The summed E-state index contributed by atoms with van der Waals surface area (Å²) in [7, 11) is 0. The number of morpholine rings is 1. The van der Waals surface area contributed by atoms with Gasteiger partial charge >= 0.3 is 5.97 Å². The second-order valence-electron chi connectivity index (χ2n) is 7.07. The van der Waals surface area contributed by atoms with E-state index in [0.717, 1.165) is 16.7 Å². The van der Waals surface area contributed by atoms with Gasteiger partial charge in [-0.1, -0.05) is 30.9 Å². The van der Waals surface area contributed by atoms with Gasteiger partial charge in [-0.25, -0.2) is 0 Å². The summed E-state index contributed by atoms with van der Waals surface area (Å²) in [6.07, 6.45) is 2.30. The molecule has 164 valence electrons. The van der Waals surface area contributed by atoms with E-state index < -0.39 is 18.4 Å². The fourth-order valence-corrected chi connectivity index (χ4v) is 4.83. The first-order valence-corrected chi connectivity index (χ1v) is 11.0. The van der Waals surface area contributed by atoms with Crippen molar-refractivity contribution >= 4 is 52.1 Å². The number of thiocarbonyl (C=S) groups is 1. The van der Waals surface area contributed by atoms with Crippen molar-refractivity contribution in [2.45, 2.75) is 26.8 Å². The van der Waals surface area contributed by atoms with Gasteiger partial charge in [0.2, 0.25) is 0 Å². The Labute approximate surface area is 188 Å². The summed E-state index contributed by atoms with van der Waals surface area (Å²) in [5, 5.41) is 18.7. The van der Waals surface area contributed by atoms with Crippen LogP contribution in [-0.2, 0) is 20.9 Å². The van der Waals surface area contributed by atoms with Crippen LogP contribution in [0.3, 0.4) is 0 Å². The molecule has 1 aromatic rings. The SMILES string of the molecule is CCCn1c(N2CCOCC2)c(/C=C2\SC(=S)N(CC(=O)O)C2=O)c(C)c(C#N)c1=O. The fraction of sp³-hybridized carbons (Fsp3) is 0.450. The predicted octanol–water partition coefficient (Wildman–Crippen LogP) is 1.56. The molecule has 9 nitrogen and oxygen atoms in total. The van der Waals surface area contributed by atoms with Crippen molar-refractivity contribution in [3.05, 3.63) is 31.9 Å². The van der Waals surface area contributed by atoms with Crippen LogP contribution in [0.25, 0.3) is 6.08 Å². The Bertz CT molecular complexity index is 1070. The van der Waals surface area contributed by atoms with E-state index in [9.17, 15) is 19.6 Å². The Kier molecular flexibility index (Phi) is 7.15. The van der Waals surface area contributed by atoms with E-state index in [-0.39, 0.29) is 20.3 Å². The molecular weight excluding hydrogens is 440 g/mol. The van der Waals surface area contributed by atoms with Gasteiger partial charge in [0.1, 0.15) is 28.3 Å². The highest BCUT2D eigenvalue weighted by Crippen LogP contribution is 2.36. The molecule has 2 aliphatic rings. The number of nitrogens with zero attached hydrogens (tertiary/aromatic N) is 4. The maximum atomic E-state index is 13.0. The van der Waals surface area contributed by atoms with Crippen molar-refractivity contribution in [1.29, 1.82) is 5.26 Å². The molecule has 31 heavy (non-hydrogen) atoms. The highest BCUT2D eigenvalue weighted by Gasteiger charge is 2.34. The number of aromatic nitrogens is 1. The van der Waals surface area contributed by atoms with E-state index in [0.29, 0.717) is 56.2 Å². The Morgan fingerprint density at radius 3 is 2.61 bits per heavy atom. The Balaban J connectivity index is 2.22. The summed E-state index contributed by atoms with van der Waals surface area (Å²) < 4.78 is 7.19. The van der Waals surface area contributed by atoms with Crippen LogP contribution in [0.5, 0.6) is 0 Å². The molecule has 2 fully saturated rings. The first kappa shape index (κ1) is 23.0. The molecule has 0 atom stereocenters. The van der Waals surface area contributed by atoms with Gasteiger partial charge in [-0.2, -0.15) is 5.26 Å². The number of carboxylic acids is 1. The number of carboxylic acid groups (broad SMARTS) is 1. The first-order valence-electron chi connectivity index (χ1n) is 9.77. The summed E-state index contributed by atoms with van der Waals surface area (Å²) in [6.45, 7) is 5.66. The molecule has 0 spiro atoms. The zero-order valence-electron chi connectivity index (χ0n) is 17.2. The molecule has 0 bridgehead atoms. The number of pyridine rings is 1. The van der Waals surface area contributed by atoms with Crippen molar-refractivity contribution in [3.8, 4) is 6.07 Å². The molecule has 1 aromatic heterocycles. The molecule has 11 heteroatoms. The Hall–Kier alpha value is -2.68. The molecule has 3 rings (SSSR count). The molecule has 1 N–H and O–H groups in total. The van der Waals surface area contributed by atoms with Gasteiger partial charge in [0, 0.05) is 25.2 Å². The van der Waals surface area contributed by atoms with E-state index in [1.165, 1.54) is 0 Å². The maximum absolute atomic E-state index is 13.0. The van der Waals surface area contributed by atoms with E-state index in [4.69, 9.17) is 22.1 Å². The average molecular weight is 463 g/mol. The number of hydrogen-bond donors (Lipinski definition) is 1. The topological polar surface area (TPSA) is 116 Å². The monoisotopic (exact) mass is 462 g/mol. The number of anilines is 1. The van der Waals surface area contributed by atoms with E-state index in [1.807, 2.05) is 17.9 Å². The van der Waals surface area contributed by atoms with Crippen LogP contribution in [0.4, 0.5) is 5.82 Å². The third kappa shape index (κ3) is 4.51. The van der Waals surface area contributed by atoms with Crippen molar-refractivity contribution < 1.29 is 19.4 Å². The largest absolute Gasteiger partial charge is 0.480 e. The molecule has 0 saturated carbocycles. The minimum Gasteiger partial charge on any atom is -0.480 e. The van der Waals surface area contributed by atoms with Gasteiger partial charge in [-0.15, -0.1) is 0 Å². The fourth-order valence-electron chi connectivity index (χ4n) is 3.59. The smallest absolute Gasteiger partial charge is 0.323 e. The molecule has 2 saturated heterocycles. The van der Waals surface area contributed by atoms with Gasteiger partial charge in [0.25, 0.3) is 11.5 Å². The summed E-state index contributed by atoms with van der Waals surface area (Å²) in [5.41, 5.74) is 0.726. The number of carbonyl (C=O) groups is 2. The molecule has 2 aliphatic heterocycles. The highest BCUT2D eigenvalue weighted by molar-refractivity contribution is 8.26. The maximum Gasteiger partial charge on any atom is 0.323 e. The predicted molar refractivity (Wildman–Crippen MR) is 121 cm³/mol. The second-order valence-corrected chi connectivity index (χ2v) is 8.74. The number of thioether (sulfide) groups is 1. The summed E-state index contributed by atoms with van der Waals surface area (Å²) in [5.74, 6) is -1.03. The van der Waals surface area contributed by atoms with Crippen LogP contribution in [0.15, 0.2) is 9.70 Å².